The first-order valence-corrected chi connectivity index (χ1v) is 6.21. The average molecular weight is 288 g/mol. The van der Waals surface area contributed by atoms with Gasteiger partial charge in [0.05, 0.1) is 10.0 Å². The number of carbonyl (C=O) groups is 2. The minimum atomic E-state index is -0.971. The van der Waals surface area contributed by atoms with Gasteiger partial charge in [0.2, 0.25) is 5.91 Å². The number of hydrogen-bond donors (Lipinski definition) is 1. The summed E-state index contributed by atoms with van der Waals surface area (Å²) in [6.07, 6.45) is 0.633. The second-order valence-electron chi connectivity index (χ2n) is 4.16. The molecule has 4 nitrogen and oxygen atoms in total. The molecule has 1 amide bonds. The number of carboxylic acid groups (broad SMARTS) is 1. The molecule has 1 aromatic rings. The van der Waals surface area contributed by atoms with Crippen molar-refractivity contribution >= 4 is 35.1 Å². The van der Waals surface area contributed by atoms with Crippen LogP contribution in [0.5, 0.6) is 0 Å². The third-order valence-corrected chi connectivity index (χ3v) is 3.69. The summed E-state index contributed by atoms with van der Waals surface area (Å²) in [6, 6.07) is 4.27. The van der Waals surface area contributed by atoms with E-state index in [2.05, 4.69) is 0 Å². The van der Waals surface area contributed by atoms with Crippen molar-refractivity contribution in [1.29, 1.82) is 0 Å². The van der Waals surface area contributed by atoms with E-state index in [0.717, 1.165) is 5.56 Å². The molecule has 18 heavy (non-hydrogen) atoms. The number of benzene rings is 1. The minimum Gasteiger partial charge on any atom is -0.480 e. The van der Waals surface area contributed by atoms with Gasteiger partial charge in [-0.25, -0.2) is 4.79 Å². The van der Waals surface area contributed by atoms with Crippen LogP contribution in [0.1, 0.15) is 18.4 Å². The highest BCUT2D eigenvalue weighted by Crippen LogP contribution is 2.26. The van der Waals surface area contributed by atoms with Crippen molar-refractivity contribution in [2.75, 3.05) is 0 Å². The van der Waals surface area contributed by atoms with Gasteiger partial charge in [-0.05, 0) is 24.1 Å². The molecule has 1 aliphatic heterocycles. The van der Waals surface area contributed by atoms with Crippen LogP contribution in [0.4, 0.5) is 0 Å². The van der Waals surface area contributed by atoms with Crippen molar-refractivity contribution in [3.63, 3.8) is 0 Å². The molecule has 1 atom stereocenters. The minimum absolute atomic E-state index is 0.145. The number of hydrogen-bond acceptors (Lipinski definition) is 2. The van der Waals surface area contributed by atoms with Crippen LogP contribution in [0.15, 0.2) is 18.2 Å². The average Bonchev–Trinajstić information content (AvgIpc) is 2.66. The van der Waals surface area contributed by atoms with Gasteiger partial charge in [-0.3, -0.25) is 4.79 Å². The first-order valence-electron chi connectivity index (χ1n) is 5.45. The summed E-state index contributed by atoms with van der Waals surface area (Å²) < 4.78 is 0. The van der Waals surface area contributed by atoms with Gasteiger partial charge in [-0.15, -0.1) is 0 Å². The maximum atomic E-state index is 11.6. The number of amides is 1. The smallest absolute Gasteiger partial charge is 0.326 e. The molecule has 96 valence electrons. The van der Waals surface area contributed by atoms with Gasteiger partial charge in [0.1, 0.15) is 6.04 Å². The summed E-state index contributed by atoms with van der Waals surface area (Å²) in [4.78, 5) is 24.0. The molecule has 0 aromatic heterocycles. The Morgan fingerprint density at radius 1 is 1.39 bits per heavy atom. The molecular weight excluding hydrogens is 277 g/mol. The molecule has 1 fully saturated rings. The Labute approximate surface area is 114 Å². The Hall–Kier alpha value is -1.26. The monoisotopic (exact) mass is 287 g/mol. The van der Waals surface area contributed by atoms with Crippen molar-refractivity contribution in [2.24, 2.45) is 0 Å². The molecule has 1 unspecified atom stereocenters. The normalized spacial score (nSPS) is 19.3. The Bertz CT molecular complexity index is 504. The first-order chi connectivity index (χ1) is 8.49. The summed E-state index contributed by atoms with van der Waals surface area (Å²) >= 11 is 11.7. The molecule has 1 saturated heterocycles. The maximum absolute atomic E-state index is 11.6. The lowest BCUT2D eigenvalue weighted by atomic mass is 10.2. The second-order valence-corrected chi connectivity index (χ2v) is 4.98. The highest BCUT2D eigenvalue weighted by molar-refractivity contribution is 6.42. The number of carbonyl (C=O) groups excluding carboxylic acids is 1. The summed E-state index contributed by atoms with van der Waals surface area (Å²) in [5, 5.41) is 9.87. The summed E-state index contributed by atoms with van der Waals surface area (Å²) in [6.45, 7) is 0.243. The summed E-state index contributed by atoms with van der Waals surface area (Å²) in [5.74, 6) is -1.12. The quantitative estimate of drug-likeness (QED) is 0.930. The van der Waals surface area contributed by atoms with E-state index in [4.69, 9.17) is 28.3 Å². The van der Waals surface area contributed by atoms with Crippen molar-refractivity contribution < 1.29 is 14.7 Å². The van der Waals surface area contributed by atoms with E-state index < -0.39 is 12.0 Å². The van der Waals surface area contributed by atoms with E-state index in [-0.39, 0.29) is 18.9 Å². The lowest BCUT2D eigenvalue weighted by Gasteiger charge is -2.21. The molecule has 0 saturated carbocycles. The molecule has 2 rings (SSSR count). The van der Waals surface area contributed by atoms with E-state index in [1.165, 1.54) is 4.90 Å². The van der Waals surface area contributed by atoms with Crippen LogP contribution in [0.25, 0.3) is 0 Å². The number of likely N-dealkylation sites (tertiary alicyclic amines) is 1. The number of halogens is 2. The molecule has 0 spiro atoms. The van der Waals surface area contributed by atoms with Crippen LogP contribution in [0.3, 0.4) is 0 Å². The molecule has 1 N–H and O–H groups in total. The summed E-state index contributed by atoms with van der Waals surface area (Å²) in [5.41, 5.74) is 0.769. The zero-order chi connectivity index (χ0) is 13.3. The van der Waals surface area contributed by atoms with Crippen LogP contribution in [-0.4, -0.2) is 27.9 Å². The lowest BCUT2D eigenvalue weighted by Crippen LogP contribution is -2.37. The first kappa shape index (κ1) is 13.2. The summed E-state index contributed by atoms with van der Waals surface area (Å²) in [7, 11) is 0. The topological polar surface area (TPSA) is 57.6 Å². The van der Waals surface area contributed by atoms with Crippen LogP contribution in [0.2, 0.25) is 10.0 Å². The van der Waals surface area contributed by atoms with Gasteiger partial charge in [-0.2, -0.15) is 0 Å². The molecule has 1 aliphatic rings. The van der Waals surface area contributed by atoms with E-state index in [1.54, 1.807) is 18.2 Å². The molecular formula is C12H11Cl2NO3. The predicted octanol–water partition coefficient (Wildman–Crippen LogP) is 2.57. The van der Waals surface area contributed by atoms with Gasteiger partial charge >= 0.3 is 5.97 Å². The molecule has 0 radical (unpaired) electrons. The molecule has 1 aromatic carbocycles. The van der Waals surface area contributed by atoms with Crippen LogP contribution in [-0.2, 0) is 16.1 Å². The van der Waals surface area contributed by atoms with Crippen LogP contribution in [0, 0.1) is 0 Å². The zero-order valence-corrected chi connectivity index (χ0v) is 10.9. The van der Waals surface area contributed by atoms with Crippen molar-refractivity contribution in [3.8, 4) is 0 Å². The highest BCUT2D eigenvalue weighted by Gasteiger charge is 2.35. The fourth-order valence-electron chi connectivity index (χ4n) is 2.02. The van der Waals surface area contributed by atoms with Gasteiger partial charge in [0.25, 0.3) is 0 Å². The van der Waals surface area contributed by atoms with Crippen LogP contribution >= 0.6 is 23.2 Å². The number of rotatable bonds is 3. The molecule has 6 heteroatoms. The SMILES string of the molecule is O=C(O)C1CCC(=O)N1Cc1ccc(Cl)c(Cl)c1. The van der Waals surface area contributed by atoms with E-state index >= 15 is 0 Å². The maximum Gasteiger partial charge on any atom is 0.326 e. The van der Waals surface area contributed by atoms with Gasteiger partial charge in [0.15, 0.2) is 0 Å². The van der Waals surface area contributed by atoms with Gasteiger partial charge in [-0.1, -0.05) is 29.3 Å². The van der Waals surface area contributed by atoms with E-state index in [0.29, 0.717) is 16.5 Å². The Morgan fingerprint density at radius 2 is 2.11 bits per heavy atom. The Morgan fingerprint density at radius 3 is 2.72 bits per heavy atom. The third kappa shape index (κ3) is 2.60. The molecule has 0 aliphatic carbocycles. The number of carboxylic acids is 1. The zero-order valence-electron chi connectivity index (χ0n) is 9.40. The number of aliphatic carboxylic acids is 1. The Balaban J connectivity index is 2.18. The Kier molecular flexibility index (Phi) is 3.78. The third-order valence-electron chi connectivity index (χ3n) is 2.95. The molecule has 0 bridgehead atoms. The van der Waals surface area contributed by atoms with Crippen molar-refractivity contribution in [2.45, 2.75) is 25.4 Å². The lowest BCUT2D eigenvalue weighted by molar-refractivity contribution is -0.146. The molecule has 1 heterocycles. The largest absolute Gasteiger partial charge is 0.480 e. The highest BCUT2D eigenvalue weighted by atomic mass is 35.5. The fraction of sp³-hybridized carbons (Fsp3) is 0.333. The van der Waals surface area contributed by atoms with Crippen molar-refractivity contribution in [3.05, 3.63) is 33.8 Å². The number of nitrogens with zero attached hydrogens (tertiary/aromatic N) is 1. The van der Waals surface area contributed by atoms with Crippen LogP contribution < -0.4 is 0 Å². The fourth-order valence-corrected chi connectivity index (χ4v) is 2.34. The standard InChI is InChI=1S/C12H11Cl2NO3/c13-8-2-1-7(5-9(8)14)6-15-10(12(17)18)3-4-11(15)16/h1-2,5,10H,3-4,6H2,(H,17,18). The van der Waals surface area contributed by atoms with E-state index in [9.17, 15) is 9.59 Å². The van der Waals surface area contributed by atoms with Crippen molar-refractivity contribution in [1.82, 2.24) is 4.90 Å². The second kappa shape index (κ2) is 5.16. The van der Waals surface area contributed by atoms with E-state index in [1.807, 2.05) is 0 Å². The predicted molar refractivity (Wildman–Crippen MR) is 67.7 cm³/mol. The van der Waals surface area contributed by atoms with Gasteiger partial charge in [0, 0.05) is 13.0 Å². The van der Waals surface area contributed by atoms with Gasteiger partial charge < -0.3 is 10.0 Å².